The van der Waals surface area contributed by atoms with Gasteiger partial charge < -0.3 is 4.90 Å². The van der Waals surface area contributed by atoms with Crippen LogP contribution in [0.2, 0.25) is 5.02 Å². The van der Waals surface area contributed by atoms with E-state index in [0.717, 1.165) is 27.7 Å². The van der Waals surface area contributed by atoms with Crippen LogP contribution in [0.1, 0.15) is 26.5 Å². The van der Waals surface area contributed by atoms with Crippen molar-refractivity contribution in [1.29, 1.82) is 5.26 Å². The van der Waals surface area contributed by atoms with E-state index >= 15 is 0 Å². The van der Waals surface area contributed by atoms with Gasteiger partial charge in [-0.2, -0.15) is 5.26 Å². The minimum absolute atomic E-state index is 0.440. The van der Waals surface area contributed by atoms with Crippen molar-refractivity contribution in [2.24, 2.45) is 0 Å². The topological polar surface area (TPSA) is 57.0 Å². The maximum absolute atomic E-state index is 11.2. The Hall–Kier alpha value is -2.25. The minimum atomic E-state index is 0.440. The van der Waals surface area contributed by atoms with Crippen LogP contribution in [0.4, 0.5) is 10.8 Å². The van der Waals surface area contributed by atoms with Gasteiger partial charge in [-0.05, 0) is 48.1 Å². The highest BCUT2D eigenvalue weighted by molar-refractivity contribution is 7.27. The zero-order valence-electron chi connectivity index (χ0n) is 13.9. The largest absolute Gasteiger partial charge is 0.313 e. The third kappa shape index (κ3) is 3.94. The average Bonchev–Trinajstić information content (AvgIpc) is 3.02. The van der Waals surface area contributed by atoms with Gasteiger partial charge in [0.15, 0.2) is 11.4 Å². The van der Waals surface area contributed by atoms with Crippen molar-refractivity contribution in [1.82, 2.24) is 4.98 Å². The normalized spacial score (nSPS) is 10.4. The first-order valence-electron chi connectivity index (χ1n) is 7.76. The Balaban J connectivity index is 2.05. The number of nitriles is 1. The van der Waals surface area contributed by atoms with E-state index in [1.54, 1.807) is 12.1 Å². The molecule has 0 fully saturated rings. The number of anilines is 2. The van der Waals surface area contributed by atoms with Crippen molar-refractivity contribution in [2.45, 2.75) is 13.5 Å². The van der Waals surface area contributed by atoms with Crippen molar-refractivity contribution in [2.75, 3.05) is 4.90 Å². The Morgan fingerprint density at radius 1 is 1.31 bits per heavy atom. The molecule has 26 heavy (non-hydrogen) atoms. The molecule has 1 heterocycles. The van der Waals surface area contributed by atoms with Crippen molar-refractivity contribution < 1.29 is 4.79 Å². The van der Waals surface area contributed by atoms with Crippen LogP contribution in [0.25, 0.3) is 0 Å². The van der Waals surface area contributed by atoms with Crippen molar-refractivity contribution in [3.05, 3.63) is 69.2 Å². The van der Waals surface area contributed by atoms with E-state index < -0.39 is 0 Å². The molecule has 0 N–H and O–H groups in total. The summed E-state index contributed by atoms with van der Waals surface area (Å²) in [6.07, 6.45) is 0.766. The van der Waals surface area contributed by atoms with E-state index in [4.69, 9.17) is 16.9 Å². The van der Waals surface area contributed by atoms with Gasteiger partial charge in [-0.25, -0.2) is 4.98 Å². The number of aryl methyl sites for hydroxylation is 1. The monoisotopic (exact) mass is 399 g/mol. The van der Waals surface area contributed by atoms with Crippen LogP contribution in [0.15, 0.2) is 42.5 Å². The molecule has 0 radical (unpaired) electrons. The molecule has 4 nitrogen and oxygen atoms in total. The van der Waals surface area contributed by atoms with Gasteiger partial charge in [-0.15, -0.1) is 20.6 Å². The molecule has 0 amide bonds. The molecule has 0 aliphatic heterocycles. The highest BCUT2D eigenvalue weighted by Crippen LogP contribution is 2.33. The van der Waals surface area contributed by atoms with Gasteiger partial charge in [0.25, 0.3) is 0 Å². The maximum Gasteiger partial charge on any atom is 0.191 e. The molecule has 0 bridgehead atoms. The number of benzene rings is 2. The number of rotatable bonds is 5. The first-order chi connectivity index (χ1) is 12.5. The molecule has 1 atom stereocenters. The summed E-state index contributed by atoms with van der Waals surface area (Å²) in [5.74, 6) is 0. The van der Waals surface area contributed by atoms with Crippen LogP contribution in [-0.4, -0.2) is 11.3 Å². The molecule has 3 aromatic rings. The number of thiazole rings is 1. The van der Waals surface area contributed by atoms with Gasteiger partial charge in [-0.1, -0.05) is 23.7 Å². The quantitative estimate of drug-likeness (QED) is 0.463. The number of carbonyl (C=O) groups excluding carboxylic acids is 1. The van der Waals surface area contributed by atoms with Crippen LogP contribution >= 0.6 is 32.2 Å². The molecule has 0 saturated heterocycles. The lowest BCUT2D eigenvalue weighted by atomic mass is 10.1. The van der Waals surface area contributed by atoms with Gasteiger partial charge in [0, 0.05) is 15.6 Å². The molecule has 0 saturated carbocycles. The number of carbonyl (C=O) groups is 1. The van der Waals surface area contributed by atoms with Crippen molar-refractivity contribution in [3.63, 3.8) is 0 Å². The Morgan fingerprint density at radius 2 is 2.04 bits per heavy atom. The van der Waals surface area contributed by atoms with Crippen LogP contribution in [-0.2, 0) is 6.54 Å². The Kier molecular flexibility index (Phi) is 5.68. The number of aldehydes is 1. The number of aromatic nitrogens is 1. The molecule has 1 aromatic heterocycles. The zero-order valence-corrected chi connectivity index (χ0v) is 16.7. The summed E-state index contributed by atoms with van der Waals surface area (Å²) in [5.41, 5.74) is 2.85. The summed E-state index contributed by atoms with van der Waals surface area (Å²) in [7, 11) is 2.62. The van der Waals surface area contributed by atoms with Gasteiger partial charge in [0.2, 0.25) is 0 Å². The third-order valence-corrected chi connectivity index (χ3v) is 5.60. The summed E-state index contributed by atoms with van der Waals surface area (Å²) >= 11 is 7.86. The minimum Gasteiger partial charge on any atom is -0.313 e. The Morgan fingerprint density at radius 3 is 2.62 bits per heavy atom. The number of hydrogen-bond donors (Lipinski definition) is 0. The maximum atomic E-state index is 11.2. The van der Waals surface area contributed by atoms with E-state index in [0.29, 0.717) is 28.0 Å². The second-order valence-corrected chi connectivity index (χ2v) is 7.91. The molecular weight excluding hydrogens is 385 g/mol. The standard InChI is InChI=1S/C19H15ClN3OPS/c1-12-18(11-24)22-19(26-12)23(15-5-2-13(9-21)3-6-15)10-14-4-7-16(25)8-17(14)20/h2-8,11H,10,25H2,1H3. The lowest BCUT2D eigenvalue weighted by Crippen LogP contribution is -2.17. The van der Waals surface area contributed by atoms with E-state index in [9.17, 15) is 4.79 Å². The zero-order chi connectivity index (χ0) is 18.7. The summed E-state index contributed by atoms with van der Waals surface area (Å²) in [4.78, 5) is 18.5. The smallest absolute Gasteiger partial charge is 0.191 e. The number of halogens is 1. The predicted octanol–water partition coefficient (Wildman–Crippen LogP) is 4.63. The van der Waals surface area contributed by atoms with Crippen molar-refractivity contribution in [3.8, 4) is 6.07 Å². The summed E-state index contributed by atoms with van der Waals surface area (Å²) < 4.78 is 0. The first-order valence-corrected chi connectivity index (χ1v) is 9.53. The highest BCUT2D eigenvalue weighted by Gasteiger charge is 2.18. The van der Waals surface area contributed by atoms with Gasteiger partial charge >= 0.3 is 0 Å². The molecule has 0 spiro atoms. The summed E-state index contributed by atoms with van der Waals surface area (Å²) in [6, 6.07) is 15.2. The fraction of sp³-hybridized carbons (Fsp3) is 0.105. The van der Waals surface area contributed by atoms with E-state index in [1.807, 2.05) is 42.2 Å². The molecule has 130 valence electrons. The molecule has 1 unspecified atom stereocenters. The molecule has 7 heteroatoms. The molecule has 0 aliphatic rings. The Labute approximate surface area is 163 Å². The van der Waals surface area contributed by atoms with Crippen LogP contribution in [0, 0.1) is 18.3 Å². The Bertz CT molecular complexity index is 995. The van der Waals surface area contributed by atoms with E-state index in [-0.39, 0.29) is 0 Å². The molecular formula is C19H15ClN3OPS. The number of hydrogen-bond acceptors (Lipinski definition) is 5. The predicted molar refractivity (Wildman–Crippen MR) is 110 cm³/mol. The first kappa shape index (κ1) is 18.5. The van der Waals surface area contributed by atoms with E-state index in [1.165, 1.54) is 11.3 Å². The lowest BCUT2D eigenvalue weighted by molar-refractivity contribution is 0.111. The fourth-order valence-corrected chi connectivity index (χ4v) is 3.98. The molecule has 3 rings (SSSR count). The van der Waals surface area contributed by atoms with Crippen LogP contribution in [0.5, 0.6) is 0 Å². The lowest BCUT2D eigenvalue weighted by Gasteiger charge is -2.23. The molecule has 0 aliphatic carbocycles. The van der Waals surface area contributed by atoms with Gasteiger partial charge in [0.1, 0.15) is 5.69 Å². The molecule has 2 aromatic carbocycles. The highest BCUT2D eigenvalue weighted by atomic mass is 35.5. The fourth-order valence-electron chi connectivity index (χ4n) is 2.47. The van der Waals surface area contributed by atoms with Gasteiger partial charge in [0.05, 0.1) is 18.2 Å². The third-order valence-electron chi connectivity index (χ3n) is 3.88. The van der Waals surface area contributed by atoms with Crippen molar-refractivity contribution >= 4 is 54.6 Å². The van der Waals surface area contributed by atoms with E-state index in [2.05, 4.69) is 20.3 Å². The number of nitrogens with zero attached hydrogens (tertiary/aromatic N) is 3. The summed E-state index contributed by atoms with van der Waals surface area (Å²) in [5, 5.41) is 11.4. The van der Waals surface area contributed by atoms with Gasteiger partial charge in [-0.3, -0.25) is 4.79 Å². The SMILES string of the molecule is Cc1sc(N(Cc2ccc(P)cc2Cl)c2ccc(C#N)cc2)nc1C=O. The second-order valence-electron chi connectivity index (χ2n) is 5.65. The summed E-state index contributed by atoms with van der Waals surface area (Å²) in [6.45, 7) is 2.37. The van der Waals surface area contributed by atoms with Crippen LogP contribution in [0.3, 0.4) is 0 Å². The van der Waals surface area contributed by atoms with Crippen LogP contribution < -0.4 is 10.2 Å². The average molecular weight is 400 g/mol. The second kappa shape index (κ2) is 7.97.